The van der Waals surface area contributed by atoms with Crippen LogP contribution in [0.15, 0.2) is 24.3 Å². The molecule has 0 atom stereocenters. The van der Waals surface area contributed by atoms with E-state index in [9.17, 15) is 13.2 Å². The Morgan fingerprint density at radius 3 is 2.52 bits per heavy atom. The lowest BCUT2D eigenvalue weighted by atomic mass is 10.2. The Morgan fingerprint density at radius 2 is 1.92 bits per heavy atom. The number of carbonyl (C=O) groups excluding carboxylic acids is 1. The summed E-state index contributed by atoms with van der Waals surface area (Å²) in [5.41, 5.74) is 1.50. The highest BCUT2D eigenvalue weighted by atomic mass is 32.2. The zero-order valence-electron chi connectivity index (χ0n) is 15.1. The number of amides is 1. The molecule has 2 rings (SSSR count). The number of ether oxygens (including phenoxy) is 1. The number of nitrogens with one attached hydrogen (secondary N) is 1. The first-order valence-electron chi connectivity index (χ1n) is 8.48. The number of para-hydroxylation sites is 2. The van der Waals surface area contributed by atoms with Crippen LogP contribution >= 0.6 is 0 Å². The van der Waals surface area contributed by atoms with E-state index < -0.39 is 10.0 Å². The number of nitrogens with zero attached hydrogens (tertiary/aromatic N) is 2. The molecule has 1 aliphatic heterocycles. The fourth-order valence-electron chi connectivity index (χ4n) is 2.70. The van der Waals surface area contributed by atoms with E-state index in [0.29, 0.717) is 18.9 Å². The molecule has 0 aliphatic carbocycles. The van der Waals surface area contributed by atoms with Gasteiger partial charge in [0.2, 0.25) is 15.9 Å². The summed E-state index contributed by atoms with van der Waals surface area (Å²) >= 11 is 0. The second-order valence-corrected chi connectivity index (χ2v) is 8.28. The third-order valence-electron chi connectivity index (χ3n) is 4.04. The lowest BCUT2D eigenvalue weighted by Gasteiger charge is -2.33. The van der Waals surface area contributed by atoms with Gasteiger partial charge >= 0.3 is 0 Å². The fraction of sp³-hybridized carbons (Fsp3) is 0.588. The van der Waals surface area contributed by atoms with Crippen molar-refractivity contribution in [3.63, 3.8) is 0 Å². The molecule has 0 saturated carbocycles. The Morgan fingerprint density at radius 1 is 1.28 bits per heavy atom. The monoisotopic (exact) mass is 369 g/mol. The van der Waals surface area contributed by atoms with E-state index in [2.05, 4.69) is 10.2 Å². The van der Waals surface area contributed by atoms with Crippen molar-refractivity contribution in [3.05, 3.63) is 24.3 Å². The molecule has 0 unspecified atom stereocenters. The predicted octanol–water partition coefficient (Wildman–Crippen LogP) is 1.06. The lowest BCUT2D eigenvalue weighted by molar-refractivity contribution is -0.123. The van der Waals surface area contributed by atoms with E-state index in [0.717, 1.165) is 18.8 Å². The lowest BCUT2D eigenvalue weighted by Crippen LogP contribution is -2.41. The molecule has 7 nitrogen and oxygen atoms in total. The van der Waals surface area contributed by atoms with Gasteiger partial charge in [0.1, 0.15) is 0 Å². The number of hydrogen-bond acceptors (Lipinski definition) is 5. The number of morpholine rings is 1. The quantitative estimate of drug-likeness (QED) is 0.778. The summed E-state index contributed by atoms with van der Waals surface area (Å²) in [4.78, 5) is 13.9. The van der Waals surface area contributed by atoms with Crippen LogP contribution in [0.2, 0.25) is 0 Å². The standard InChI is InChI=1S/C17H27N3O4S/c1-14(2)17(21)18-8-9-20(25(3,22)23)16-7-5-4-6-15(16)19-10-12-24-13-11-19/h4-7,14H,8-13H2,1-3H3,(H,18,21). The molecule has 0 spiro atoms. The first-order valence-corrected chi connectivity index (χ1v) is 10.3. The van der Waals surface area contributed by atoms with Crippen LogP contribution in [-0.4, -0.2) is 60.0 Å². The van der Waals surface area contributed by atoms with Crippen molar-refractivity contribution in [2.75, 3.05) is 54.9 Å². The van der Waals surface area contributed by atoms with Gasteiger partial charge in [-0.2, -0.15) is 0 Å². The third kappa shape index (κ3) is 5.34. The summed E-state index contributed by atoms with van der Waals surface area (Å²) in [7, 11) is -3.47. The summed E-state index contributed by atoms with van der Waals surface area (Å²) in [6.45, 7) is 6.75. The predicted molar refractivity (Wildman–Crippen MR) is 99.5 cm³/mol. The molecule has 25 heavy (non-hydrogen) atoms. The molecule has 0 aromatic heterocycles. The number of anilines is 2. The molecule has 1 fully saturated rings. The third-order valence-corrected chi connectivity index (χ3v) is 5.22. The van der Waals surface area contributed by atoms with Crippen LogP contribution in [0.4, 0.5) is 11.4 Å². The summed E-state index contributed by atoms with van der Waals surface area (Å²) in [6, 6.07) is 7.45. The van der Waals surface area contributed by atoms with Gasteiger partial charge in [-0.25, -0.2) is 8.42 Å². The van der Waals surface area contributed by atoms with Crippen LogP contribution in [0.5, 0.6) is 0 Å². The molecule has 8 heteroatoms. The van der Waals surface area contributed by atoms with Crippen molar-refractivity contribution in [2.24, 2.45) is 5.92 Å². The maximum Gasteiger partial charge on any atom is 0.232 e. The van der Waals surface area contributed by atoms with Crippen molar-refractivity contribution in [1.29, 1.82) is 0 Å². The average molecular weight is 369 g/mol. The van der Waals surface area contributed by atoms with E-state index in [1.807, 2.05) is 18.2 Å². The Balaban J connectivity index is 2.22. The second kappa shape index (κ2) is 8.53. The number of hydrogen-bond donors (Lipinski definition) is 1. The first-order chi connectivity index (χ1) is 11.8. The largest absolute Gasteiger partial charge is 0.378 e. The summed E-state index contributed by atoms with van der Waals surface area (Å²) in [5.74, 6) is -0.220. The smallest absolute Gasteiger partial charge is 0.232 e. The number of benzene rings is 1. The van der Waals surface area contributed by atoms with E-state index in [1.54, 1.807) is 19.9 Å². The number of sulfonamides is 1. The van der Waals surface area contributed by atoms with Crippen LogP contribution in [0.3, 0.4) is 0 Å². The van der Waals surface area contributed by atoms with Gasteiger partial charge in [-0.1, -0.05) is 26.0 Å². The summed E-state index contributed by atoms with van der Waals surface area (Å²) in [6.07, 6.45) is 1.19. The molecule has 1 aromatic carbocycles. The molecule has 0 radical (unpaired) electrons. The topological polar surface area (TPSA) is 79.0 Å². The molecule has 1 saturated heterocycles. The number of carbonyl (C=O) groups is 1. The van der Waals surface area contributed by atoms with E-state index in [1.165, 1.54) is 10.6 Å². The van der Waals surface area contributed by atoms with Gasteiger partial charge in [0.15, 0.2) is 0 Å². The maximum absolute atomic E-state index is 12.3. The molecular weight excluding hydrogens is 342 g/mol. The fourth-order valence-corrected chi connectivity index (χ4v) is 3.63. The minimum atomic E-state index is -3.47. The Bertz CT molecular complexity index is 685. The first kappa shape index (κ1) is 19.5. The molecule has 1 amide bonds. The van der Waals surface area contributed by atoms with Crippen LogP contribution in [0, 0.1) is 5.92 Å². The zero-order chi connectivity index (χ0) is 18.4. The van der Waals surface area contributed by atoms with Gasteiger partial charge in [-0.05, 0) is 12.1 Å². The molecule has 1 aliphatic rings. The van der Waals surface area contributed by atoms with Crippen LogP contribution in [0.1, 0.15) is 13.8 Å². The maximum atomic E-state index is 12.3. The second-order valence-electron chi connectivity index (χ2n) is 6.37. The van der Waals surface area contributed by atoms with Crippen molar-refractivity contribution in [1.82, 2.24) is 5.32 Å². The van der Waals surface area contributed by atoms with Crippen LogP contribution < -0.4 is 14.5 Å². The molecule has 140 valence electrons. The highest BCUT2D eigenvalue weighted by molar-refractivity contribution is 7.92. The van der Waals surface area contributed by atoms with Crippen molar-refractivity contribution >= 4 is 27.3 Å². The minimum absolute atomic E-state index is 0.0880. The normalized spacial score (nSPS) is 15.3. The highest BCUT2D eigenvalue weighted by Crippen LogP contribution is 2.31. The van der Waals surface area contributed by atoms with Gasteiger partial charge < -0.3 is 15.0 Å². The van der Waals surface area contributed by atoms with Gasteiger partial charge in [0.25, 0.3) is 0 Å². The summed E-state index contributed by atoms with van der Waals surface area (Å²) in [5, 5.41) is 2.77. The summed E-state index contributed by atoms with van der Waals surface area (Å²) < 4.78 is 31.4. The Labute approximate surface area is 150 Å². The minimum Gasteiger partial charge on any atom is -0.378 e. The Kier molecular flexibility index (Phi) is 6.66. The zero-order valence-corrected chi connectivity index (χ0v) is 15.9. The van der Waals surface area contributed by atoms with E-state index >= 15 is 0 Å². The van der Waals surface area contributed by atoms with Crippen molar-refractivity contribution < 1.29 is 17.9 Å². The van der Waals surface area contributed by atoms with E-state index in [4.69, 9.17) is 4.74 Å². The molecule has 0 bridgehead atoms. The molecular formula is C17H27N3O4S. The molecule has 1 heterocycles. The van der Waals surface area contributed by atoms with Gasteiger partial charge in [-0.3, -0.25) is 9.10 Å². The molecule has 1 N–H and O–H groups in total. The Hall–Kier alpha value is -1.80. The average Bonchev–Trinajstić information content (AvgIpc) is 2.58. The van der Waals surface area contributed by atoms with Gasteiger partial charge in [0.05, 0.1) is 37.4 Å². The van der Waals surface area contributed by atoms with Crippen molar-refractivity contribution in [2.45, 2.75) is 13.8 Å². The number of rotatable bonds is 7. The van der Waals surface area contributed by atoms with Gasteiger partial charge in [-0.15, -0.1) is 0 Å². The highest BCUT2D eigenvalue weighted by Gasteiger charge is 2.23. The van der Waals surface area contributed by atoms with E-state index in [-0.39, 0.29) is 24.9 Å². The SMILES string of the molecule is CC(C)C(=O)NCCN(c1ccccc1N1CCOCC1)S(C)(=O)=O. The van der Waals surface area contributed by atoms with Crippen LogP contribution in [-0.2, 0) is 19.6 Å². The van der Waals surface area contributed by atoms with Gasteiger partial charge in [0, 0.05) is 25.6 Å². The van der Waals surface area contributed by atoms with Crippen molar-refractivity contribution in [3.8, 4) is 0 Å². The molecule has 1 aromatic rings. The van der Waals surface area contributed by atoms with Crippen LogP contribution in [0.25, 0.3) is 0 Å².